The number of fused-ring (bicyclic) bond motifs is 1. The molecule has 4 heteroatoms. The van der Waals surface area contributed by atoms with Crippen LogP contribution in [0, 0.1) is 5.41 Å². The van der Waals surface area contributed by atoms with E-state index in [9.17, 15) is 0 Å². The van der Waals surface area contributed by atoms with Gasteiger partial charge in [-0.05, 0) is 31.0 Å². The standard InChI is InChI=1S/C15H22N4/c1-4-19(10-15(2,3)9-16)14-12-7-5-6-8-13(12)17-11-18-14/h5-8,11H,4,9-10,16H2,1-3H3. The molecule has 2 rings (SSSR count). The van der Waals surface area contributed by atoms with Crippen molar-refractivity contribution in [2.24, 2.45) is 11.1 Å². The maximum absolute atomic E-state index is 5.84. The molecule has 0 saturated carbocycles. The van der Waals surface area contributed by atoms with Crippen molar-refractivity contribution in [1.82, 2.24) is 9.97 Å². The monoisotopic (exact) mass is 258 g/mol. The van der Waals surface area contributed by atoms with Crippen LogP contribution in [-0.2, 0) is 0 Å². The molecule has 2 aromatic rings. The molecule has 0 fully saturated rings. The fourth-order valence-corrected chi connectivity index (χ4v) is 2.16. The molecule has 4 nitrogen and oxygen atoms in total. The number of aromatic nitrogens is 2. The molecule has 19 heavy (non-hydrogen) atoms. The van der Waals surface area contributed by atoms with Crippen LogP contribution >= 0.6 is 0 Å². The van der Waals surface area contributed by atoms with Gasteiger partial charge in [-0.2, -0.15) is 0 Å². The van der Waals surface area contributed by atoms with Crippen molar-refractivity contribution in [3.05, 3.63) is 30.6 Å². The van der Waals surface area contributed by atoms with Gasteiger partial charge in [0, 0.05) is 18.5 Å². The molecule has 0 spiro atoms. The molecule has 0 bridgehead atoms. The first kappa shape index (κ1) is 13.7. The molecule has 0 radical (unpaired) electrons. The van der Waals surface area contributed by atoms with Crippen molar-refractivity contribution < 1.29 is 0 Å². The number of nitrogens with two attached hydrogens (primary N) is 1. The summed E-state index contributed by atoms with van der Waals surface area (Å²) in [5, 5.41) is 1.10. The van der Waals surface area contributed by atoms with Crippen LogP contribution < -0.4 is 10.6 Å². The Balaban J connectivity index is 2.41. The molecule has 102 valence electrons. The van der Waals surface area contributed by atoms with Gasteiger partial charge < -0.3 is 10.6 Å². The Morgan fingerprint density at radius 3 is 2.63 bits per heavy atom. The van der Waals surface area contributed by atoms with Crippen molar-refractivity contribution in [2.75, 3.05) is 24.5 Å². The van der Waals surface area contributed by atoms with E-state index in [1.54, 1.807) is 6.33 Å². The van der Waals surface area contributed by atoms with Crippen LogP contribution in [0.1, 0.15) is 20.8 Å². The number of nitrogens with zero attached hydrogens (tertiary/aromatic N) is 3. The van der Waals surface area contributed by atoms with E-state index >= 15 is 0 Å². The van der Waals surface area contributed by atoms with Gasteiger partial charge in [-0.25, -0.2) is 9.97 Å². The summed E-state index contributed by atoms with van der Waals surface area (Å²) < 4.78 is 0. The minimum Gasteiger partial charge on any atom is -0.356 e. The van der Waals surface area contributed by atoms with Gasteiger partial charge in [0.05, 0.1) is 5.52 Å². The van der Waals surface area contributed by atoms with Gasteiger partial charge in [0.15, 0.2) is 0 Å². The summed E-state index contributed by atoms with van der Waals surface area (Å²) in [6.07, 6.45) is 1.63. The molecule has 0 amide bonds. The molecule has 1 heterocycles. The second-order valence-electron chi connectivity index (χ2n) is 5.60. The number of para-hydroxylation sites is 1. The molecule has 0 atom stereocenters. The lowest BCUT2D eigenvalue weighted by Gasteiger charge is -2.32. The quantitative estimate of drug-likeness (QED) is 0.895. The molecule has 0 aliphatic heterocycles. The van der Waals surface area contributed by atoms with E-state index in [1.165, 1.54) is 0 Å². The second kappa shape index (κ2) is 5.53. The smallest absolute Gasteiger partial charge is 0.139 e. The number of hydrogen-bond donors (Lipinski definition) is 1. The fourth-order valence-electron chi connectivity index (χ4n) is 2.16. The number of anilines is 1. The first-order valence-electron chi connectivity index (χ1n) is 6.72. The first-order valence-corrected chi connectivity index (χ1v) is 6.72. The van der Waals surface area contributed by atoms with Crippen LogP contribution in [0.25, 0.3) is 10.9 Å². The summed E-state index contributed by atoms with van der Waals surface area (Å²) in [6, 6.07) is 8.11. The highest BCUT2D eigenvalue weighted by atomic mass is 15.2. The Hall–Kier alpha value is -1.68. The predicted octanol–water partition coefficient (Wildman–Crippen LogP) is 2.44. The molecule has 1 aromatic heterocycles. The van der Waals surface area contributed by atoms with Gasteiger partial charge >= 0.3 is 0 Å². The molecule has 2 N–H and O–H groups in total. The Morgan fingerprint density at radius 1 is 1.21 bits per heavy atom. The van der Waals surface area contributed by atoms with Crippen molar-refractivity contribution in [3.8, 4) is 0 Å². The molecular weight excluding hydrogens is 236 g/mol. The van der Waals surface area contributed by atoms with Gasteiger partial charge in [-0.15, -0.1) is 0 Å². The van der Waals surface area contributed by atoms with Crippen LogP contribution in [0.4, 0.5) is 5.82 Å². The SMILES string of the molecule is CCN(CC(C)(C)CN)c1ncnc2ccccc12. The van der Waals surface area contributed by atoms with Crippen LogP contribution in [0.15, 0.2) is 30.6 Å². The van der Waals surface area contributed by atoms with Crippen molar-refractivity contribution in [2.45, 2.75) is 20.8 Å². The number of rotatable bonds is 5. The molecule has 1 aromatic carbocycles. The molecular formula is C15H22N4. The van der Waals surface area contributed by atoms with Crippen molar-refractivity contribution in [1.29, 1.82) is 0 Å². The maximum atomic E-state index is 5.84. The van der Waals surface area contributed by atoms with Crippen LogP contribution in [-0.4, -0.2) is 29.6 Å². The Bertz CT molecular complexity index is 545. The van der Waals surface area contributed by atoms with Gasteiger partial charge in [-0.1, -0.05) is 26.0 Å². The zero-order valence-corrected chi connectivity index (χ0v) is 11.9. The van der Waals surface area contributed by atoms with E-state index < -0.39 is 0 Å². The third-order valence-corrected chi connectivity index (χ3v) is 3.37. The summed E-state index contributed by atoms with van der Waals surface area (Å²) in [5.74, 6) is 0.995. The minimum atomic E-state index is 0.0715. The lowest BCUT2D eigenvalue weighted by atomic mass is 9.93. The fraction of sp³-hybridized carbons (Fsp3) is 0.467. The normalized spacial score (nSPS) is 11.8. The predicted molar refractivity (Wildman–Crippen MR) is 80.3 cm³/mol. The topological polar surface area (TPSA) is 55.0 Å². The zero-order valence-electron chi connectivity index (χ0n) is 11.9. The summed E-state index contributed by atoms with van der Waals surface area (Å²) >= 11 is 0. The molecule has 0 unspecified atom stereocenters. The lowest BCUT2D eigenvalue weighted by molar-refractivity contribution is 0.379. The minimum absolute atomic E-state index is 0.0715. The van der Waals surface area contributed by atoms with E-state index in [2.05, 4.69) is 41.7 Å². The highest BCUT2D eigenvalue weighted by molar-refractivity contribution is 5.89. The Labute approximate surface area is 114 Å². The van der Waals surface area contributed by atoms with Gasteiger partial charge in [0.25, 0.3) is 0 Å². The molecule has 0 aliphatic rings. The first-order chi connectivity index (χ1) is 9.07. The maximum Gasteiger partial charge on any atom is 0.139 e. The van der Waals surface area contributed by atoms with E-state index in [-0.39, 0.29) is 5.41 Å². The van der Waals surface area contributed by atoms with E-state index in [4.69, 9.17) is 5.73 Å². The average molecular weight is 258 g/mol. The Morgan fingerprint density at radius 2 is 1.95 bits per heavy atom. The van der Waals surface area contributed by atoms with E-state index in [1.807, 2.05) is 18.2 Å². The summed E-state index contributed by atoms with van der Waals surface area (Å²) in [7, 11) is 0. The second-order valence-corrected chi connectivity index (χ2v) is 5.60. The summed E-state index contributed by atoms with van der Waals surface area (Å²) in [4.78, 5) is 11.1. The number of hydrogen-bond acceptors (Lipinski definition) is 4. The highest BCUT2D eigenvalue weighted by Gasteiger charge is 2.21. The van der Waals surface area contributed by atoms with E-state index in [0.717, 1.165) is 29.8 Å². The largest absolute Gasteiger partial charge is 0.356 e. The Kier molecular flexibility index (Phi) is 4.00. The van der Waals surface area contributed by atoms with Gasteiger partial charge in [0.2, 0.25) is 0 Å². The lowest BCUT2D eigenvalue weighted by Crippen LogP contribution is -2.39. The van der Waals surface area contributed by atoms with Crippen molar-refractivity contribution in [3.63, 3.8) is 0 Å². The third kappa shape index (κ3) is 3.01. The van der Waals surface area contributed by atoms with Crippen molar-refractivity contribution >= 4 is 16.7 Å². The van der Waals surface area contributed by atoms with Crippen LogP contribution in [0.2, 0.25) is 0 Å². The van der Waals surface area contributed by atoms with Crippen LogP contribution in [0.5, 0.6) is 0 Å². The summed E-state index contributed by atoms with van der Waals surface area (Å²) in [5.41, 5.74) is 6.89. The van der Waals surface area contributed by atoms with Gasteiger partial charge in [-0.3, -0.25) is 0 Å². The highest BCUT2D eigenvalue weighted by Crippen LogP contribution is 2.25. The average Bonchev–Trinajstić information content (AvgIpc) is 2.44. The molecule has 0 aliphatic carbocycles. The molecule has 0 saturated heterocycles. The number of benzene rings is 1. The summed E-state index contributed by atoms with van der Waals surface area (Å²) in [6.45, 7) is 8.96. The van der Waals surface area contributed by atoms with Crippen LogP contribution in [0.3, 0.4) is 0 Å². The zero-order chi connectivity index (χ0) is 13.9. The van der Waals surface area contributed by atoms with E-state index in [0.29, 0.717) is 6.54 Å². The van der Waals surface area contributed by atoms with Gasteiger partial charge in [0.1, 0.15) is 12.1 Å². The third-order valence-electron chi connectivity index (χ3n) is 3.37.